The number of hydrogen-bond acceptors (Lipinski definition) is 0. The van der Waals surface area contributed by atoms with E-state index in [1.807, 2.05) is 24.5 Å². The summed E-state index contributed by atoms with van der Waals surface area (Å²) in [5, 5.41) is 0. The minimum absolute atomic E-state index is 0.352. The van der Waals surface area contributed by atoms with E-state index in [-0.39, 0.29) is 0 Å². The fourth-order valence-electron chi connectivity index (χ4n) is 0.642. The Morgan fingerprint density at radius 1 is 1.38 bits per heavy atom. The summed E-state index contributed by atoms with van der Waals surface area (Å²) in [7, 11) is 0. The van der Waals surface area contributed by atoms with Gasteiger partial charge in [0.2, 0.25) is 0 Å². The Labute approximate surface area is 49.9 Å². The number of hydrogen-bond donors (Lipinski definition) is 0. The van der Waals surface area contributed by atoms with Crippen LogP contribution in [-0.4, -0.2) is 4.57 Å². The first kappa shape index (κ1) is 5.42. The molecule has 1 aromatic rings. The van der Waals surface area contributed by atoms with Gasteiger partial charge in [-0.2, -0.15) is 0 Å². The van der Waals surface area contributed by atoms with Crippen LogP contribution in [0, 0.1) is 6.92 Å². The zero-order chi connectivity index (χ0) is 5.98. The summed E-state index contributed by atoms with van der Waals surface area (Å²) in [6.07, 6.45) is 4.02. The number of aromatic nitrogens is 1. The lowest BCUT2D eigenvalue weighted by molar-refractivity contribution is 0.661. The Morgan fingerprint density at radius 2 is 1.88 bits per heavy atom. The van der Waals surface area contributed by atoms with Crippen molar-refractivity contribution in [3.8, 4) is 0 Å². The van der Waals surface area contributed by atoms with Crippen LogP contribution in [0.15, 0.2) is 24.5 Å². The predicted octanol–water partition coefficient (Wildman–Crippen LogP) is 1.88. The van der Waals surface area contributed by atoms with Crippen molar-refractivity contribution in [3.63, 3.8) is 0 Å². The maximum absolute atomic E-state index is 3.84. The topological polar surface area (TPSA) is 4.93 Å². The number of nitrogens with zero attached hydrogens (tertiary/aromatic N) is 1. The molecule has 1 rings (SSSR count). The predicted molar refractivity (Wildman–Crippen MR) is 34.5 cm³/mol. The van der Waals surface area contributed by atoms with Gasteiger partial charge in [0.05, 0.1) is 0 Å². The van der Waals surface area contributed by atoms with E-state index in [4.69, 9.17) is 0 Å². The van der Waals surface area contributed by atoms with Crippen LogP contribution in [0.5, 0.6) is 0 Å². The fraction of sp³-hybridized carbons (Fsp3) is 0.286. The summed E-state index contributed by atoms with van der Waals surface area (Å²) < 4.78 is 2.06. The monoisotopic (exact) mass is 108 g/mol. The van der Waals surface area contributed by atoms with Crippen LogP contribution in [0.25, 0.3) is 0 Å². The van der Waals surface area contributed by atoms with Crippen LogP contribution in [-0.2, 0) is 0 Å². The van der Waals surface area contributed by atoms with Crippen LogP contribution in [0.4, 0.5) is 0 Å². The van der Waals surface area contributed by atoms with Gasteiger partial charge < -0.3 is 4.57 Å². The SMILES string of the molecule is [CH2]C(C)n1cccc1. The Morgan fingerprint density at radius 3 is 2.12 bits per heavy atom. The average molecular weight is 108 g/mol. The molecule has 0 fully saturated rings. The van der Waals surface area contributed by atoms with Crippen molar-refractivity contribution in [2.24, 2.45) is 0 Å². The third-order valence-electron chi connectivity index (χ3n) is 1.14. The van der Waals surface area contributed by atoms with Gasteiger partial charge in [0, 0.05) is 18.4 Å². The second-order valence-electron chi connectivity index (χ2n) is 1.98. The lowest BCUT2D eigenvalue weighted by Crippen LogP contribution is -1.95. The summed E-state index contributed by atoms with van der Waals surface area (Å²) in [5.74, 6) is 0. The fourth-order valence-corrected chi connectivity index (χ4v) is 0.642. The van der Waals surface area contributed by atoms with E-state index in [9.17, 15) is 0 Å². The summed E-state index contributed by atoms with van der Waals surface area (Å²) in [4.78, 5) is 0. The smallest absolute Gasteiger partial charge is 0.0303 e. The summed E-state index contributed by atoms with van der Waals surface area (Å²) in [6, 6.07) is 4.36. The van der Waals surface area contributed by atoms with Crippen molar-refractivity contribution in [1.29, 1.82) is 0 Å². The highest BCUT2D eigenvalue weighted by atomic mass is 15.0. The van der Waals surface area contributed by atoms with Gasteiger partial charge in [-0.05, 0) is 26.0 Å². The van der Waals surface area contributed by atoms with E-state index >= 15 is 0 Å². The van der Waals surface area contributed by atoms with Gasteiger partial charge in [-0.1, -0.05) is 0 Å². The molecule has 8 heavy (non-hydrogen) atoms. The highest BCUT2D eigenvalue weighted by Gasteiger charge is 1.90. The second-order valence-corrected chi connectivity index (χ2v) is 1.98. The molecule has 1 aromatic heterocycles. The summed E-state index contributed by atoms with van der Waals surface area (Å²) in [6.45, 7) is 5.90. The molecule has 0 aromatic carbocycles. The summed E-state index contributed by atoms with van der Waals surface area (Å²) in [5.41, 5.74) is 0. The zero-order valence-electron chi connectivity index (χ0n) is 5.04. The van der Waals surface area contributed by atoms with Crippen LogP contribution in [0.2, 0.25) is 0 Å². The molecular weight excluding hydrogens is 98.1 g/mol. The molecule has 0 aliphatic heterocycles. The Balaban J connectivity index is 2.77. The molecule has 0 bridgehead atoms. The minimum Gasteiger partial charge on any atom is -0.352 e. The van der Waals surface area contributed by atoms with Crippen molar-refractivity contribution in [3.05, 3.63) is 31.5 Å². The van der Waals surface area contributed by atoms with Crippen LogP contribution < -0.4 is 0 Å². The highest BCUT2D eigenvalue weighted by molar-refractivity contribution is 4.92. The molecule has 1 heterocycles. The molecule has 0 amide bonds. The average Bonchev–Trinajstić information content (AvgIpc) is 2.12. The molecule has 0 saturated carbocycles. The van der Waals surface area contributed by atoms with Gasteiger partial charge in [-0.25, -0.2) is 0 Å². The standard InChI is InChI=1S/C7H10N/c1-7(2)8-5-3-4-6-8/h3-7H,1H2,2H3. The first-order valence-electron chi connectivity index (χ1n) is 2.76. The van der Waals surface area contributed by atoms with Gasteiger partial charge in [-0.3, -0.25) is 0 Å². The van der Waals surface area contributed by atoms with Gasteiger partial charge in [-0.15, -0.1) is 0 Å². The van der Waals surface area contributed by atoms with E-state index in [1.54, 1.807) is 0 Å². The zero-order valence-corrected chi connectivity index (χ0v) is 5.04. The summed E-state index contributed by atoms with van der Waals surface area (Å²) >= 11 is 0. The van der Waals surface area contributed by atoms with Crippen molar-refractivity contribution in [1.82, 2.24) is 4.57 Å². The molecule has 1 unspecified atom stereocenters. The highest BCUT2D eigenvalue weighted by Crippen LogP contribution is 2.01. The van der Waals surface area contributed by atoms with Gasteiger partial charge in [0.15, 0.2) is 0 Å². The Bertz CT molecular complexity index is 139. The first-order valence-corrected chi connectivity index (χ1v) is 2.76. The van der Waals surface area contributed by atoms with E-state index in [0.29, 0.717) is 6.04 Å². The normalized spacial score (nSPS) is 10.4. The Hall–Kier alpha value is -0.720. The maximum atomic E-state index is 3.84. The molecule has 1 atom stereocenters. The van der Waals surface area contributed by atoms with Crippen molar-refractivity contribution in [2.75, 3.05) is 0 Å². The molecule has 0 aliphatic rings. The molecule has 1 radical (unpaired) electrons. The minimum atomic E-state index is 0.352. The molecule has 1 heteroatoms. The second kappa shape index (κ2) is 2.03. The van der Waals surface area contributed by atoms with E-state index in [1.165, 1.54) is 0 Å². The molecule has 0 aliphatic carbocycles. The van der Waals surface area contributed by atoms with Gasteiger partial charge >= 0.3 is 0 Å². The largest absolute Gasteiger partial charge is 0.352 e. The van der Waals surface area contributed by atoms with Gasteiger partial charge in [0.1, 0.15) is 0 Å². The maximum Gasteiger partial charge on any atom is 0.0303 e. The number of rotatable bonds is 1. The van der Waals surface area contributed by atoms with E-state index in [2.05, 4.69) is 18.4 Å². The molecule has 0 N–H and O–H groups in total. The third-order valence-corrected chi connectivity index (χ3v) is 1.14. The van der Waals surface area contributed by atoms with Crippen molar-refractivity contribution in [2.45, 2.75) is 13.0 Å². The lowest BCUT2D eigenvalue weighted by atomic mass is 10.4. The van der Waals surface area contributed by atoms with E-state index in [0.717, 1.165) is 0 Å². The lowest BCUT2D eigenvalue weighted by Gasteiger charge is -2.03. The quantitative estimate of drug-likeness (QED) is 0.517. The first-order chi connectivity index (χ1) is 3.80. The molecular formula is C7H10N. The molecule has 1 nitrogen and oxygen atoms in total. The van der Waals surface area contributed by atoms with Crippen LogP contribution >= 0.6 is 0 Å². The van der Waals surface area contributed by atoms with E-state index < -0.39 is 0 Å². The van der Waals surface area contributed by atoms with Crippen LogP contribution in [0.3, 0.4) is 0 Å². The third kappa shape index (κ3) is 0.915. The Kier molecular flexibility index (Phi) is 1.38. The molecule has 0 spiro atoms. The molecule has 0 saturated heterocycles. The van der Waals surface area contributed by atoms with Gasteiger partial charge in [0.25, 0.3) is 0 Å². The van der Waals surface area contributed by atoms with Crippen molar-refractivity contribution >= 4 is 0 Å². The van der Waals surface area contributed by atoms with Crippen molar-refractivity contribution < 1.29 is 0 Å². The molecule has 43 valence electrons. The van der Waals surface area contributed by atoms with Crippen LogP contribution in [0.1, 0.15) is 13.0 Å².